The molecule has 4 nitrogen and oxygen atoms in total. The molecule has 23 heavy (non-hydrogen) atoms. The number of rotatable bonds is 5. The lowest BCUT2D eigenvalue weighted by Gasteiger charge is -2.18. The van der Waals surface area contributed by atoms with Crippen molar-refractivity contribution in [2.24, 2.45) is 4.99 Å². The van der Waals surface area contributed by atoms with Gasteiger partial charge in [0.1, 0.15) is 5.75 Å². The van der Waals surface area contributed by atoms with Crippen molar-refractivity contribution in [1.82, 2.24) is 4.90 Å². The summed E-state index contributed by atoms with van der Waals surface area (Å²) in [4.78, 5) is 18.5. The molecule has 0 radical (unpaired) electrons. The average molecular weight is 326 g/mol. The maximum Gasteiger partial charge on any atom is 0.266 e. The molecule has 3 rings (SSSR count). The molecule has 1 aliphatic heterocycles. The van der Waals surface area contributed by atoms with E-state index in [2.05, 4.69) is 17.1 Å². The number of amidine groups is 1. The van der Waals surface area contributed by atoms with Crippen LogP contribution in [-0.4, -0.2) is 35.7 Å². The number of aliphatic imine (C=N–C) groups is 1. The van der Waals surface area contributed by atoms with E-state index in [1.54, 1.807) is 16.7 Å². The summed E-state index contributed by atoms with van der Waals surface area (Å²) in [7, 11) is 0. The minimum atomic E-state index is -0.0503. The summed E-state index contributed by atoms with van der Waals surface area (Å²) >= 11 is 1.59. The molecule has 0 aromatic heterocycles. The summed E-state index contributed by atoms with van der Waals surface area (Å²) in [5.41, 5.74) is 1.22. The number of carbonyl (C=O) groups excluding carboxylic acids is 1. The van der Waals surface area contributed by atoms with Crippen molar-refractivity contribution in [3.8, 4) is 5.75 Å². The third-order valence-corrected chi connectivity index (χ3v) is 4.50. The Kier molecular flexibility index (Phi) is 5.32. The van der Waals surface area contributed by atoms with E-state index >= 15 is 0 Å². The Hall–Kier alpha value is -2.27. The van der Waals surface area contributed by atoms with E-state index in [4.69, 9.17) is 4.74 Å². The van der Waals surface area contributed by atoms with Crippen molar-refractivity contribution in [2.45, 2.75) is 5.75 Å². The number of benzene rings is 2. The Balaban J connectivity index is 1.52. The molecule has 0 spiro atoms. The minimum absolute atomic E-state index is 0.0366. The normalized spacial score (nSPS) is 13.7. The summed E-state index contributed by atoms with van der Waals surface area (Å²) in [6, 6.07) is 19.6. The Morgan fingerprint density at radius 3 is 2.52 bits per heavy atom. The second-order valence-electron chi connectivity index (χ2n) is 5.09. The van der Waals surface area contributed by atoms with Gasteiger partial charge in [0, 0.05) is 12.3 Å². The van der Waals surface area contributed by atoms with Gasteiger partial charge in [-0.3, -0.25) is 14.7 Å². The molecule has 0 atom stereocenters. The molecule has 1 amide bonds. The molecule has 0 unspecified atom stereocenters. The molecular formula is C18H18N2O2S. The fourth-order valence-corrected chi connectivity index (χ4v) is 3.26. The lowest BCUT2D eigenvalue weighted by atomic mass is 10.2. The van der Waals surface area contributed by atoms with Gasteiger partial charge in [-0.05, 0) is 17.7 Å². The molecule has 2 aromatic carbocycles. The van der Waals surface area contributed by atoms with Crippen molar-refractivity contribution in [2.75, 3.05) is 19.7 Å². The first-order valence-corrected chi connectivity index (χ1v) is 8.51. The van der Waals surface area contributed by atoms with E-state index in [1.807, 2.05) is 48.5 Å². The number of hydrogen-bond donors (Lipinski definition) is 0. The van der Waals surface area contributed by atoms with E-state index < -0.39 is 0 Å². The van der Waals surface area contributed by atoms with Crippen LogP contribution >= 0.6 is 11.8 Å². The molecular weight excluding hydrogens is 308 g/mol. The molecule has 0 saturated carbocycles. The molecule has 2 aromatic rings. The van der Waals surface area contributed by atoms with E-state index in [0.717, 1.165) is 10.9 Å². The average Bonchev–Trinajstić information content (AvgIpc) is 3.08. The monoisotopic (exact) mass is 326 g/mol. The fourth-order valence-electron chi connectivity index (χ4n) is 2.24. The van der Waals surface area contributed by atoms with Gasteiger partial charge in [-0.2, -0.15) is 0 Å². The van der Waals surface area contributed by atoms with Crippen LogP contribution in [0.1, 0.15) is 5.56 Å². The Morgan fingerprint density at radius 1 is 1.09 bits per heavy atom. The highest BCUT2D eigenvalue weighted by Crippen LogP contribution is 2.20. The van der Waals surface area contributed by atoms with Crippen molar-refractivity contribution in [3.63, 3.8) is 0 Å². The summed E-state index contributed by atoms with van der Waals surface area (Å²) < 4.78 is 5.54. The summed E-state index contributed by atoms with van der Waals surface area (Å²) in [6.07, 6.45) is 0. The van der Waals surface area contributed by atoms with Gasteiger partial charge in [0.25, 0.3) is 5.91 Å². The Morgan fingerprint density at radius 2 is 1.78 bits per heavy atom. The maximum atomic E-state index is 12.3. The zero-order chi connectivity index (χ0) is 15.9. The van der Waals surface area contributed by atoms with E-state index in [9.17, 15) is 4.79 Å². The van der Waals surface area contributed by atoms with Gasteiger partial charge in [0.15, 0.2) is 11.8 Å². The number of amides is 1. The number of carbonyl (C=O) groups is 1. The number of thioether (sulfide) groups is 1. The van der Waals surface area contributed by atoms with E-state index in [0.29, 0.717) is 18.8 Å². The first kappa shape index (κ1) is 15.6. The van der Waals surface area contributed by atoms with Gasteiger partial charge >= 0.3 is 0 Å². The van der Waals surface area contributed by atoms with E-state index in [-0.39, 0.29) is 12.5 Å². The van der Waals surface area contributed by atoms with E-state index in [1.165, 1.54) is 5.56 Å². The number of nitrogens with zero attached hydrogens (tertiary/aromatic N) is 2. The lowest BCUT2D eigenvalue weighted by molar-refractivity contribution is -0.128. The molecule has 1 heterocycles. The number of hydrogen-bond acceptors (Lipinski definition) is 4. The highest BCUT2D eigenvalue weighted by atomic mass is 32.2. The second kappa shape index (κ2) is 7.83. The maximum absolute atomic E-state index is 12.3. The third-order valence-electron chi connectivity index (χ3n) is 3.42. The molecule has 0 aliphatic carbocycles. The van der Waals surface area contributed by atoms with Gasteiger partial charge in [-0.1, -0.05) is 60.3 Å². The minimum Gasteiger partial charge on any atom is -0.484 e. The number of para-hydroxylation sites is 1. The van der Waals surface area contributed by atoms with Crippen LogP contribution in [0.25, 0.3) is 0 Å². The van der Waals surface area contributed by atoms with Crippen LogP contribution in [0, 0.1) is 0 Å². The lowest BCUT2D eigenvalue weighted by Crippen LogP contribution is -2.36. The highest BCUT2D eigenvalue weighted by Gasteiger charge is 2.24. The van der Waals surface area contributed by atoms with Crippen LogP contribution in [-0.2, 0) is 10.5 Å². The standard InChI is InChI=1S/C18H18N2O2S/c21-17(13-22-16-9-5-2-6-10-16)20-12-11-19-18(20)23-14-15-7-3-1-4-8-15/h1-10H,11-14H2. The third kappa shape index (κ3) is 4.36. The highest BCUT2D eigenvalue weighted by molar-refractivity contribution is 8.13. The summed E-state index contributed by atoms with van der Waals surface area (Å²) in [5.74, 6) is 1.46. The molecule has 0 fully saturated rings. The molecule has 5 heteroatoms. The van der Waals surface area contributed by atoms with Crippen LogP contribution in [0.4, 0.5) is 0 Å². The predicted molar refractivity (Wildman–Crippen MR) is 93.7 cm³/mol. The predicted octanol–water partition coefficient (Wildman–Crippen LogP) is 3.20. The van der Waals surface area contributed by atoms with Crippen LogP contribution < -0.4 is 4.74 Å². The SMILES string of the molecule is O=C(COc1ccccc1)N1CCN=C1SCc1ccccc1. The van der Waals surface area contributed by atoms with Gasteiger partial charge in [0.2, 0.25) is 0 Å². The Labute approximate surface area is 140 Å². The van der Waals surface area contributed by atoms with Crippen LogP contribution in [0.3, 0.4) is 0 Å². The van der Waals surface area contributed by atoms with Gasteiger partial charge in [0.05, 0.1) is 6.54 Å². The van der Waals surface area contributed by atoms with Gasteiger partial charge < -0.3 is 4.74 Å². The quantitative estimate of drug-likeness (QED) is 0.847. The van der Waals surface area contributed by atoms with Crippen LogP contribution in [0.2, 0.25) is 0 Å². The summed E-state index contributed by atoms with van der Waals surface area (Å²) in [6.45, 7) is 1.33. The topological polar surface area (TPSA) is 41.9 Å². The molecule has 1 aliphatic rings. The Bertz CT molecular complexity index is 674. The van der Waals surface area contributed by atoms with Crippen LogP contribution in [0.15, 0.2) is 65.7 Å². The van der Waals surface area contributed by atoms with Crippen molar-refractivity contribution >= 4 is 22.8 Å². The first-order valence-electron chi connectivity index (χ1n) is 7.52. The molecule has 0 N–H and O–H groups in total. The molecule has 0 bridgehead atoms. The largest absolute Gasteiger partial charge is 0.484 e. The molecule has 0 saturated heterocycles. The molecule has 118 valence electrons. The number of ether oxygens (including phenoxy) is 1. The van der Waals surface area contributed by atoms with Crippen molar-refractivity contribution < 1.29 is 9.53 Å². The first-order chi connectivity index (χ1) is 11.3. The van der Waals surface area contributed by atoms with Gasteiger partial charge in [-0.25, -0.2) is 0 Å². The van der Waals surface area contributed by atoms with Crippen molar-refractivity contribution in [1.29, 1.82) is 0 Å². The fraction of sp³-hybridized carbons (Fsp3) is 0.222. The zero-order valence-electron chi connectivity index (χ0n) is 12.7. The van der Waals surface area contributed by atoms with Crippen molar-refractivity contribution in [3.05, 3.63) is 66.2 Å². The smallest absolute Gasteiger partial charge is 0.266 e. The zero-order valence-corrected chi connectivity index (χ0v) is 13.5. The van der Waals surface area contributed by atoms with Gasteiger partial charge in [-0.15, -0.1) is 0 Å². The second-order valence-corrected chi connectivity index (χ2v) is 6.03. The van der Waals surface area contributed by atoms with Crippen LogP contribution in [0.5, 0.6) is 5.75 Å². The summed E-state index contributed by atoms with van der Waals surface area (Å²) in [5, 5.41) is 0.788.